The van der Waals surface area contributed by atoms with Gasteiger partial charge in [-0.25, -0.2) is 4.98 Å². The van der Waals surface area contributed by atoms with Gasteiger partial charge >= 0.3 is 0 Å². The first-order chi connectivity index (χ1) is 12.3. The molecule has 0 aliphatic heterocycles. The van der Waals surface area contributed by atoms with Crippen molar-refractivity contribution in [1.82, 2.24) is 25.4 Å². The lowest BCUT2D eigenvalue weighted by atomic mass is 10.0. The van der Waals surface area contributed by atoms with E-state index in [0.717, 1.165) is 44.2 Å². The van der Waals surface area contributed by atoms with Crippen LogP contribution in [0.4, 0.5) is 5.82 Å². The van der Waals surface area contributed by atoms with Crippen molar-refractivity contribution >= 4 is 27.6 Å². The molecule has 0 unspecified atom stereocenters. The molecule has 120 valence electrons. The van der Waals surface area contributed by atoms with Crippen molar-refractivity contribution < 1.29 is 0 Å². The third-order valence-corrected chi connectivity index (χ3v) is 4.41. The summed E-state index contributed by atoms with van der Waals surface area (Å²) in [5, 5.41) is 16.1. The fourth-order valence-corrected chi connectivity index (χ4v) is 3.11. The van der Waals surface area contributed by atoms with Gasteiger partial charge in [0.25, 0.3) is 0 Å². The Morgan fingerprint density at radius 3 is 2.60 bits per heavy atom. The number of pyridine rings is 1. The summed E-state index contributed by atoms with van der Waals surface area (Å²) in [6.45, 7) is 0. The third-order valence-electron chi connectivity index (χ3n) is 4.41. The molecular formula is C19H14N6. The zero-order chi connectivity index (χ0) is 16.8. The van der Waals surface area contributed by atoms with Crippen LogP contribution in [0.3, 0.4) is 0 Å². The predicted octanol–water partition coefficient (Wildman–Crippen LogP) is 3.75. The van der Waals surface area contributed by atoms with E-state index >= 15 is 0 Å². The van der Waals surface area contributed by atoms with E-state index in [-0.39, 0.29) is 0 Å². The van der Waals surface area contributed by atoms with Gasteiger partial charge in [-0.05, 0) is 35.9 Å². The van der Waals surface area contributed by atoms with Crippen LogP contribution < -0.4 is 5.73 Å². The number of anilines is 1. The molecule has 0 amide bonds. The molecule has 0 bridgehead atoms. The van der Waals surface area contributed by atoms with Gasteiger partial charge in [0.1, 0.15) is 5.82 Å². The van der Waals surface area contributed by atoms with Crippen LogP contribution in [0.2, 0.25) is 0 Å². The van der Waals surface area contributed by atoms with Gasteiger partial charge in [0.15, 0.2) is 0 Å². The number of H-pyrrole nitrogens is 2. The molecule has 3 heterocycles. The first-order valence-corrected chi connectivity index (χ1v) is 7.91. The molecule has 0 fully saturated rings. The number of nitrogen functional groups attached to an aromatic ring is 1. The number of aromatic nitrogens is 5. The van der Waals surface area contributed by atoms with E-state index in [9.17, 15) is 0 Å². The molecule has 6 heteroatoms. The quantitative estimate of drug-likeness (QED) is 0.460. The minimum Gasteiger partial charge on any atom is -0.383 e. The molecule has 0 atom stereocenters. The Morgan fingerprint density at radius 1 is 0.800 bits per heavy atom. The SMILES string of the molecule is Nc1nc2cc(-c3ccn[nH]3)ccc2cc1-c1ccc2[nH]ncc2c1. The maximum absolute atomic E-state index is 6.25. The highest BCUT2D eigenvalue weighted by atomic mass is 15.1. The Bertz CT molecular complexity index is 1200. The maximum atomic E-state index is 6.25. The number of rotatable bonds is 2. The lowest BCUT2D eigenvalue weighted by Crippen LogP contribution is -1.95. The highest BCUT2D eigenvalue weighted by molar-refractivity contribution is 5.93. The van der Waals surface area contributed by atoms with Crippen molar-refractivity contribution in [2.24, 2.45) is 0 Å². The summed E-state index contributed by atoms with van der Waals surface area (Å²) in [6.07, 6.45) is 3.54. The largest absolute Gasteiger partial charge is 0.383 e. The number of benzene rings is 2. The fourth-order valence-electron chi connectivity index (χ4n) is 3.11. The Labute approximate surface area is 142 Å². The number of fused-ring (bicyclic) bond motifs is 2. The number of nitrogens with two attached hydrogens (primary N) is 1. The van der Waals surface area contributed by atoms with Gasteiger partial charge in [-0.15, -0.1) is 0 Å². The fraction of sp³-hybridized carbons (Fsp3) is 0. The smallest absolute Gasteiger partial charge is 0.131 e. The second kappa shape index (κ2) is 5.17. The van der Waals surface area contributed by atoms with Crippen LogP contribution >= 0.6 is 0 Å². The van der Waals surface area contributed by atoms with Crippen LogP contribution in [0.1, 0.15) is 0 Å². The standard InChI is InChI=1S/C19H14N6/c20-19-15(11-3-4-16-14(7-11)10-22-25-16)8-12-1-2-13(9-18(12)23-19)17-5-6-21-24-17/h1-10H,(H2,20,23)(H,21,24)(H,22,25). The zero-order valence-corrected chi connectivity index (χ0v) is 13.2. The molecule has 0 spiro atoms. The Hall–Kier alpha value is -3.67. The molecule has 5 aromatic rings. The molecule has 6 nitrogen and oxygen atoms in total. The molecular weight excluding hydrogens is 312 g/mol. The molecule has 5 rings (SSSR count). The van der Waals surface area contributed by atoms with Gasteiger partial charge in [-0.2, -0.15) is 10.2 Å². The lowest BCUT2D eigenvalue weighted by Gasteiger charge is -2.09. The van der Waals surface area contributed by atoms with Crippen LogP contribution in [0, 0.1) is 0 Å². The van der Waals surface area contributed by atoms with E-state index in [1.54, 1.807) is 12.4 Å². The molecule has 25 heavy (non-hydrogen) atoms. The first-order valence-electron chi connectivity index (χ1n) is 7.91. The van der Waals surface area contributed by atoms with E-state index in [2.05, 4.69) is 49.6 Å². The van der Waals surface area contributed by atoms with Gasteiger partial charge in [-0.1, -0.05) is 18.2 Å². The van der Waals surface area contributed by atoms with E-state index in [1.807, 2.05) is 24.3 Å². The van der Waals surface area contributed by atoms with Crippen LogP contribution in [0.5, 0.6) is 0 Å². The van der Waals surface area contributed by atoms with E-state index in [0.29, 0.717) is 5.82 Å². The minimum atomic E-state index is 0.511. The van der Waals surface area contributed by atoms with E-state index in [4.69, 9.17) is 5.73 Å². The van der Waals surface area contributed by atoms with Crippen molar-refractivity contribution in [3.63, 3.8) is 0 Å². The van der Waals surface area contributed by atoms with E-state index < -0.39 is 0 Å². The lowest BCUT2D eigenvalue weighted by molar-refractivity contribution is 1.10. The molecule has 0 radical (unpaired) electrons. The molecule has 0 saturated heterocycles. The van der Waals surface area contributed by atoms with Crippen LogP contribution in [-0.2, 0) is 0 Å². The third kappa shape index (κ3) is 2.23. The number of nitrogens with zero attached hydrogens (tertiary/aromatic N) is 3. The van der Waals surface area contributed by atoms with Crippen molar-refractivity contribution in [3.05, 3.63) is 60.9 Å². The van der Waals surface area contributed by atoms with Crippen molar-refractivity contribution in [1.29, 1.82) is 0 Å². The number of hydrogen-bond donors (Lipinski definition) is 3. The van der Waals surface area contributed by atoms with Gasteiger partial charge in [-0.3, -0.25) is 10.2 Å². The topological polar surface area (TPSA) is 96.3 Å². The average molecular weight is 326 g/mol. The molecule has 0 aliphatic rings. The van der Waals surface area contributed by atoms with Gasteiger partial charge in [0.2, 0.25) is 0 Å². The summed E-state index contributed by atoms with van der Waals surface area (Å²) in [4.78, 5) is 4.61. The summed E-state index contributed by atoms with van der Waals surface area (Å²) < 4.78 is 0. The Kier molecular flexibility index (Phi) is 2.84. The predicted molar refractivity (Wildman–Crippen MR) is 98.8 cm³/mol. The van der Waals surface area contributed by atoms with Gasteiger partial charge in [0, 0.05) is 28.1 Å². The molecule has 0 aliphatic carbocycles. The average Bonchev–Trinajstić information content (AvgIpc) is 3.31. The van der Waals surface area contributed by atoms with E-state index in [1.165, 1.54) is 0 Å². The minimum absolute atomic E-state index is 0.511. The van der Waals surface area contributed by atoms with Crippen LogP contribution in [-0.4, -0.2) is 25.4 Å². The Balaban J connectivity index is 1.66. The van der Waals surface area contributed by atoms with Gasteiger partial charge in [0.05, 0.1) is 22.9 Å². The summed E-state index contributed by atoms with van der Waals surface area (Å²) in [7, 11) is 0. The molecule has 2 aromatic carbocycles. The highest BCUT2D eigenvalue weighted by Gasteiger charge is 2.09. The van der Waals surface area contributed by atoms with Gasteiger partial charge < -0.3 is 5.73 Å². The number of hydrogen-bond acceptors (Lipinski definition) is 4. The number of aromatic amines is 2. The summed E-state index contributed by atoms with van der Waals surface area (Å²) in [5.74, 6) is 0.511. The second-order valence-electron chi connectivity index (χ2n) is 5.97. The second-order valence-corrected chi connectivity index (χ2v) is 5.97. The zero-order valence-electron chi connectivity index (χ0n) is 13.2. The normalized spacial score (nSPS) is 11.4. The summed E-state index contributed by atoms with van der Waals surface area (Å²) in [5.41, 5.74) is 12.0. The van der Waals surface area contributed by atoms with Crippen LogP contribution in [0.25, 0.3) is 44.2 Å². The summed E-state index contributed by atoms with van der Waals surface area (Å²) >= 11 is 0. The number of nitrogens with one attached hydrogen (secondary N) is 2. The maximum Gasteiger partial charge on any atom is 0.131 e. The first kappa shape index (κ1) is 13.7. The Morgan fingerprint density at radius 2 is 1.72 bits per heavy atom. The molecule has 0 saturated carbocycles. The van der Waals surface area contributed by atoms with Crippen molar-refractivity contribution in [2.75, 3.05) is 5.73 Å². The molecule has 3 aromatic heterocycles. The van der Waals surface area contributed by atoms with Crippen molar-refractivity contribution in [2.45, 2.75) is 0 Å². The molecule has 4 N–H and O–H groups in total. The van der Waals surface area contributed by atoms with Crippen LogP contribution in [0.15, 0.2) is 60.9 Å². The highest BCUT2D eigenvalue weighted by Crippen LogP contribution is 2.31. The monoisotopic (exact) mass is 326 g/mol. The summed E-state index contributed by atoms with van der Waals surface area (Å²) in [6, 6.07) is 16.2. The van der Waals surface area contributed by atoms with Crippen molar-refractivity contribution in [3.8, 4) is 22.4 Å².